The Bertz CT molecular complexity index is 703. The quantitative estimate of drug-likeness (QED) is 0.531. The van der Waals surface area contributed by atoms with Crippen LogP contribution >= 0.6 is 0 Å². The second-order valence-electron chi connectivity index (χ2n) is 7.41. The molecule has 0 radical (unpaired) electrons. The lowest BCUT2D eigenvalue weighted by molar-refractivity contribution is 0.306. The third-order valence-corrected chi connectivity index (χ3v) is 5.61. The maximum Gasteiger partial charge on any atom is 0.119 e. The summed E-state index contributed by atoms with van der Waals surface area (Å²) in [6.45, 7) is 3.04. The maximum absolute atomic E-state index is 8.93. The van der Waals surface area contributed by atoms with Gasteiger partial charge in [-0.05, 0) is 79.3 Å². The fourth-order valence-corrected chi connectivity index (χ4v) is 3.97. The van der Waals surface area contributed by atoms with E-state index in [0.717, 1.165) is 24.3 Å². The lowest BCUT2D eigenvalue weighted by Gasteiger charge is -2.29. The molecule has 0 saturated heterocycles. The van der Waals surface area contributed by atoms with Crippen molar-refractivity contribution in [2.24, 2.45) is 0 Å². The summed E-state index contributed by atoms with van der Waals surface area (Å²) in [6.07, 6.45) is 8.53. The second kappa shape index (κ2) is 9.43. The van der Waals surface area contributed by atoms with Gasteiger partial charge in [0.2, 0.25) is 0 Å². The van der Waals surface area contributed by atoms with Crippen molar-refractivity contribution in [2.75, 3.05) is 6.61 Å². The van der Waals surface area contributed by atoms with Crippen LogP contribution in [0.1, 0.15) is 80.4 Å². The summed E-state index contributed by atoms with van der Waals surface area (Å²) >= 11 is 0. The van der Waals surface area contributed by atoms with E-state index in [9.17, 15) is 0 Å². The van der Waals surface area contributed by atoms with Crippen molar-refractivity contribution in [3.63, 3.8) is 0 Å². The molecule has 0 spiro atoms. The predicted octanol–water partition coefficient (Wildman–Crippen LogP) is 6.57. The van der Waals surface area contributed by atoms with Crippen molar-refractivity contribution in [1.29, 1.82) is 5.26 Å². The maximum atomic E-state index is 8.93. The normalized spacial score (nSPS) is 19.7. The molecule has 2 aromatic rings. The lowest BCUT2D eigenvalue weighted by Crippen LogP contribution is -2.12. The molecule has 0 unspecified atom stereocenters. The van der Waals surface area contributed by atoms with Gasteiger partial charge in [-0.25, -0.2) is 0 Å². The highest BCUT2D eigenvalue weighted by atomic mass is 16.5. The molecule has 1 saturated carbocycles. The number of hydrogen-bond donors (Lipinski definition) is 0. The van der Waals surface area contributed by atoms with Crippen molar-refractivity contribution in [3.05, 3.63) is 65.2 Å². The van der Waals surface area contributed by atoms with E-state index in [1.807, 2.05) is 12.1 Å². The van der Waals surface area contributed by atoms with Gasteiger partial charge in [-0.15, -0.1) is 0 Å². The fraction of sp³-hybridized carbons (Fsp3) is 0.458. The standard InChI is InChI=1S/C24H29NO/c1-2-3-4-17-26-24-15-13-23(14-16-24)22-11-9-21(10-12-22)20-7-5-19(18-25)6-8-20/h5-8,13-16,21-22H,2-4,9-12,17H2,1H3/t21-,22-. The average molecular weight is 348 g/mol. The monoisotopic (exact) mass is 347 g/mol. The molecule has 2 heteroatoms. The SMILES string of the molecule is CCCCCOc1ccc([C@H]2CC[C@H](c3ccc(C#N)cc3)CC2)cc1. The molecule has 0 amide bonds. The third-order valence-electron chi connectivity index (χ3n) is 5.61. The van der Waals surface area contributed by atoms with Gasteiger partial charge >= 0.3 is 0 Å². The van der Waals surface area contributed by atoms with Crippen LogP contribution in [0.5, 0.6) is 5.75 Å². The van der Waals surface area contributed by atoms with Crippen LogP contribution in [0.3, 0.4) is 0 Å². The molecule has 0 aromatic heterocycles. The Kier molecular flexibility index (Phi) is 6.72. The minimum Gasteiger partial charge on any atom is -0.494 e. The summed E-state index contributed by atoms with van der Waals surface area (Å²) in [5, 5.41) is 8.93. The summed E-state index contributed by atoms with van der Waals surface area (Å²) in [7, 11) is 0. The van der Waals surface area contributed by atoms with E-state index in [2.05, 4.69) is 49.4 Å². The summed E-state index contributed by atoms with van der Waals surface area (Å²) in [4.78, 5) is 0. The van der Waals surface area contributed by atoms with Crippen LogP contribution in [0, 0.1) is 11.3 Å². The Morgan fingerprint density at radius 1 is 0.846 bits per heavy atom. The minimum absolute atomic E-state index is 0.639. The van der Waals surface area contributed by atoms with Gasteiger partial charge in [-0.3, -0.25) is 0 Å². The first kappa shape index (κ1) is 18.5. The average Bonchev–Trinajstić information content (AvgIpc) is 2.72. The number of ether oxygens (including phenoxy) is 1. The van der Waals surface area contributed by atoms with Crippen molar-refractivity contribution < 1.29 is 4.74 Å². The molecule has 26 heavy (non-hydrogen) atoms. The molecule has 2 nitrogen and oxygen atoms in total. The van der Waals surface area contributed by atoms with Crippen LogP contribution in [0.25, 0.3) is 0 Å². The summed E-state index contributed by atoms with van der Waals surface area (Å²) in [5.74, 6) is 2.30. The van der Waals surface area contributed by atoms with Crippen LogP contribution in [0.2, 0.25) is 0 Å². The molecular weight excluding hydrogens is 318 g/mol. The van der Waals surface area contributed by atoms with Gasteiger partial charge in [0.1, 0.15) is 5.75 Å². The smallest absolute Gasteiger partial charge is 0.119 e. The molecule has 0 atom stereocenters. The van der Waals surface area contributed by atoms with Crippen molar-refractivity contribution in [1.82, 2.24) is 0 Å². The molecule has 0 aliphatic heterocycles. The van der Waals surface area contributed by atoms with Crippen molar-refractivity contribution in [2.45, 2.75) is 63.7 Å². The Hall–Kier alpha value is -2.27. The first-order valence-corrected chi connectivity index (χ1v) is 10.0. The van der Waals surface area contributed by atoms with Crippen LogP contribution in [0.4, 0.5) is 0 Å². The number of rotatable bonds is 7. The van der Waals surface area contributed by atoms with Gasteiger partial charge in [0.25, 0.3) is 0 Å². The highest BCUT2D eigenvalue weighted by Gasteiger charge is 2.23. The zero-order valence-corrected chi connectivity index (χ0v) is 15.8. The molecule has 1 aliphatic rings. The van der Waals surface area contributed by atoms with Crippen LogP contribution < -0.4 is 4.74 Å². The zero-order valence-electron chi connectivity index (χ0n) is 15.8. The van der Waals surface area contributed by atoms with E-state index in [4.69, 9.17) is 10.00 Å². The number of benzene rings is 2. The first-order valence-electron chi connectivity index (χ1n) is 10.0. The molecule has 0 heterocycles. The highest BCUT2D eigenvalue weighted by Crippen LogP contribution is 2.40. The van der Waals surface area contributed by atoms with E-state index < -0.39 is 0 Å². The third kappa shape index (κ3) is 4.88. The van der Waals surface area contributed by atoms with Crippen LogP contribution in [0.15, 0.2) is 48.5 Å². The van der Waals surface area contributed by atoms with Crippen molar-refractivity contribution >= 4 is 0 Å². The van der Waals surface area contributed by atoms with Crippen LogP contribution in [-0.2, 0) is 0 Å². The van der Waals surface area contributed by atoms with Gasteiger partial charge in [-0.1, -0.05) is 44.0 Å². The van der Waals surface area contributed by atoms with E-state index in [1.54, 1.807) is 0 Å². The van der Waals surface area contributed by atoms with E-state index >= 15 is 0 Å². The Morgan fingerprint density at radius 3 is 1.88 bits per heavy atom. The number of unbranched alkanes of at least 4 members (excludes halogenated alkanes) is 2. The van der Waals surface area contributed by atoms with E-state index in [1.165, 1.54) is 49.7 Å². The van der Waals surface area contributed by atoms with Gasteiger partial charge in [0.15, 0.2) is 0 Å². The molecule has 3 rings (SSSR count). The molecule has 0 N–H and O–H groups in total. The number of nitriles is 1. The highest BCUT2D eigenvalue weighted by molar-refractivity contribution is 5.34. The van der Waals surface area contributed by atoms with E-state index in [-0.39, 0.29) is 0 Å². The Balaban J connectivity index is 1.50. The summed E-state index contributed by atoms with van der Waals surface area (Å²) < 4.78 is 5.82. The zero-order chi connectivity index (χ0) is 18.2. The molecule has 136 valence electrons. The van der Waals surface area contributed by atoms with Gasteiger partial charge in [-0.2, -0.15) is 5.26 Å². The Morgan fingerprint density at radius 2 is 1.38 bits per heavy atom. The fourth-order valence-electron chi connectivity index (χ4n) is 3.97. The molecule has 1 fully saturated rings. The van der Waals surface area contributed by atoms with E-state index in [0.29, 0.717) is 11.8 Å². The molecule has 0 bridgehead atoms. The first-order chi connectivity index (χ1) is 12.8. The number of nitrogens with zero attached hydrogens (tertiary/aromatic N) is 1. The topological polar surface area (TPSA) is 33.0 Å². The Labute approximate surface area is 157 Å². The lowest BCUT2D eigenvalue weighted by atomic mass is 9.76. The predicted molar refractivity (Wildman–Crippen MR) is 107 cm³/mol. The molecular formula is C24H29NO. The number of hydrogen-bond acceptors (Lipinski definition) is 2. The van der Waals surface area contributed by atoms with Crippen LogP contribution in [-0.4, -0.2) is 6.61 Å². The molecule has 1 aliphatic carbocycles. The largest absolute Gasteiger partial charge is 0.494 e. The van der Waals surface area contributed by atoms with Gasteiger partial charge < -0.3 is 4.74 Å². The summed E-state index contributed by atoms with van der Waals surface area (Å²) in [5.41, 5.74) is 3.59. The molecule has 2 aromatic carbocycles. The minimum atomic E-state index is 0.639. The van der Waals surface area contributed by atoms with Gasteiger partial charge in [0, 0.05) is 0 Å². The summed E-state index contributed by atoms with van der Waals surface area (Å²) in [6, 6.07) is 19.1. The second-order valence-corrected chi connectivity index (χ2v) is 7.41. The van der Waals surface area contributed by atoms with Gasteiger partial charge in [0.05, 0.1) is 18.2 Å². The van der Waals surface area contributed by atoms with Crippen molar-refractivity contribution in [3.8, 4) is 11.8 Å².